The van der Waals surface area contributed by atoms with Gasteiger partial charge in [-0.2, -0.15) is 4.36 Å². The summed E-state index contributed by atoms with van der Waals surface area (Å²) >= 11 is 0. The molecular formula is C26H30N4O6S. The van der Waals surface area contributed by atoms with E-state index in [1.165, 1.54) is 18.5 Å². The van der Waals surface area contributed by atoms with E-state index < -0.39 is 16.0 Å². The third-order valence-corrected chi connectivity index (χ3v) is 7.94. The van der Waals surface area contributed by atoms with Crippen LogP contribution in [0.2, 0.25) is 0 Å². The van der Waals surface area contributed by atoms with Gasteiger partial charge in [0.25, 0.3) is 11.8 Å². The van der Waals surface area contributed by atoms with Gasteiger partial charge in [-0.15, -0.1) is 10.1 Å². The second-order valence-corrected chi connectivity index (χ2v) is 11.1. The molecule has 11 heteroatoms. The summed E-state index contributed by atoms with van der Waals surface area (Å²) in [4.78, 5) is 29.2. The van der Waals surface area contributed by atoms with Gasteiger partial charge in [0.2, 0.25) is 0 Å². The molecule has 37 heavy (non-hydrogen) atoms. The normalized spacial score (nSPS) is 11.4. The van der Waals surface area contributed by atoms with Crippen LogP contribution in [0.15, 0.2) is 57.6 Å². The van der Waals surface area contributed by atoms with Crippen molar-refractivity contribution in [2.75, 3.05) is 35.8 Å². The van der Waals surface area contributed by atoms with E-state index in [9.17, 15) is 14.1 Å². The number of aromatic nitrogens is 1. The summed E-state index contributed by atoms with van der Waals surface area (Å²) < 4.78 is 20.1. The molecule has 0 atom stereocenters. The standard InChI is InChI=1S/C26H30N4O6S/c1-18-9-12-36-23(18)26(34)29-22-6-2-5-19(15-22)7-8-20-16-21(17-28-24(20)27)25(33)30-37(35,13-3-10-31)14-4-11-32/h2,5-6,9,12,15-17,31-32,37H,3-4,10-11,13-14H2,1H3,(H2,27,28)(H,29,34)(H,30,33,35). The number of benzene rings is 1. The van der Waals surface area contributed by atoms with E-state index in [2.05, 4.69) is 26.5 Å². The van der Waals surface area contributed by atoms with Crippen LogP contribution in [0.25, 0.3) is 0 Å². The summed E-state index contributed by atoms with van der Waals surface area (Å²) in [6.45, 7) is 1.50. The van der Waals surface area contributed by atoms with E-state index in [4.69, 9.17) is 20.4 Å². The number of aliphatic hydroxyl groups is 2. The van der Waals surface area contributed by atoms with Gasteiger partial charge in [-0.25, -0.2) is 4.98 Å². The van der Waals surface area contributed by atoms with Crippen molar-refractivity contribution in [3.8, 4) is 11.8 Å². The molecule has 2 heterocycles. The van der Waals surface area contributed by atoms with E-state index in [1.807, 2.05) is 0 Å². The van der Waals surface area contributed by atoms with Gasteiger partial charge in [-0.1, -0.05) is 17.9 Å². The maximum absolute atomic E-state index is 12.8. The van der Waals surface area contributed by atoms with Crippen molar-refractivity contribution >= 4 is 33.4 Å². The Bertz CT molecular complexity index is 1380. The molecule has 2 aromatic heterocycles. The van der Waals surface area contributed by atoms with E-state index in [0.29, 0.717) is 29.7 Å². The molecule has 0 aliphatic heterocycles. The topological polar surface area (TPSA) is 171 Å². The lowest BCUT2D eigenvalue weighted by atomic mass is 10.1. The van der Waals surface area contributed by atoms with E-state index in [0.717, 1.165) is 5.56 Å². The minimum absolute atomic E-state index is 0.111. The van der Waals surface area contributed by atoms with Gasteiger partial charge in [0.15, 0.2) is 5.76 Å². The molecular weight excluding hydrogens is 496 g/mol. The number of amides is 2. The van der Waals surface area contributed by atoms with Crippen LogP contribution in [0.4, 0.5) is 11.5 Å². The molecule has 0 fully saturated rings. The van der Waals surface area contributed by atoms with Crippen LogP contribution in [0.3, 0.4) is 0 Å². The average Bonchev–Trinajstić information content (AvgIpc) is 3.32. The van der Waals surface area contributed by atoms with Gasteiger partial charge in [-0.3, -0.25) is 9.59 Å². The number of nitrogens with zero attached hydrogens (tertiary/aromatic N) is 2. The molecule has 3 aromatic rings. The maximum atomic E-state index is 12.8. The van der Waals surface area contributed by atoms with Crippen LogP contribution in [0.5, 0.6) is 0 Å². The molecule has 0 radical (unpaired) electrons. The number of thiol groups is 1. The zero-order valence-electron chi connectivity index (χ0n) is 20.3. The monoisotopic (exact) mass is 526 g/mol. The van der Waals surface area contributed by atoms with Gasteiger partial charge in [0.05, 0.1) is 17.4 Å². The third-order valence-electron chi connectivity index (χ3n) is 5.32. The third kappa shape index (κ3) is 7.83. The number of aliphatic hydroxyl groups excluding tert-OH is 2. The van der Waals surface area contributed by atoms with Gasteiger partial charge in [0.1, 0.15) is 5.82 Å². The van der Waals surface area contributed by atoms with Crippen LogP contribution in [0, 0.1) is 18.8 Å². The summed E-state index contributed by atoms with van der Waals surface area (Å²) in [5, 5.41) is 21.0. The van der Waals surface area contributed by atoms with Crippen molar-refractivity contribution in [1.82, 2.24) is 4.98 Å². The molecule has 3 rings (SSSR count). The Kier molecular flexibility index (Phi) is 9.71. The van der Waals surface area contributed by atoms with Crippen LogP contribution in [0.1, 0.15) is 50.4 Å². The van der Waals surface area contributed by atoms with Crippen molar-refractivity contribution in [1.29, 1.82) is 0 Å². The molecule has 0 aliphatic rings. The quantitative estimate of drug-likeness (QED) is 0.182. The Balaban J connectivity index is 1.82. The summed E-state index contributed by atoms with van der Waals surface area (Å²) in [6, 6.07) is 10.0. The smallest absolute Gasteiger partial charge is 0.291 e. The highest BCUT2D eigenvalue weighted by molar-refractivity contribution is 8.00. The fourth-order valence-electron chi connectivity index (χ4n) is 3.39. The number of aryl methyl sites for hydroxylation is 1. The van der Waals surface area contributed by atoms with Gasteiger partial charge in [0, 0.05) is 47.7 Å². The number of nitrogens with one attached hydrogen (secondary N) is 1. The van der Waals surface area contributed by atoms with Crippen LogP contribution >= 0.6 is 0 Å². The van der Waals surface area contributed by atoms with Crippen molar-refractivity contribution in [2.45, 2.75) is 19.8 Å². The van der Waals surface area contributed by atoms with Crippen molar-refractivity contribution in [2.24, 2.45) is 4.36 Å². The number of pyridine rings is 1. The van der Waals surface area contributed by atoms with Crippen LogP contribution < -0.4 is 11.1 Å². The molecule has 1 aromatic carbocycles. The first kappa shape index (κ1) is 27.8. The van der Waals surface area contributed by atoms with Crippen molar-refractivity contribution in [3.63, 3.8) is 0 Å². The Morgan fingerprint density at radius 3 is 2.51 bits per heavy atom. The lowest BCUT2D eigenvalue weighted by molar-refractivity contribution is 0.0991. The lowest BCUT2D eigenvalue weighted by Crippen LogP contribution is -2.23. The van der Waals surface area contributed by atoms with Crippen molar-refractivity contribution in [3.05, 3.63) is 76.9 Å². The van der Waals surface area contributed by atoms with Crippen molar-refractivity contribution < 1.29 is 28.8 Å². The lowest BCUT2D eigenvalue weighted by Gasteiger charge is -2.22. The summed E-state index contributed by atoms with van der Waals surface area (Å²) in [6.07, 6.45) is 3.30. The molecule has 0 saturated heterocycles. The highest BCUT2D eigenvalue weighted by Crippen LogP contribution is 2.17. The van der Waals surface area contributed by atoms with Crippen LogP contribution in [-0.4, -0.2) is 56.3 Å². The molecule has 0 unspecified atom stereocenters. The van der Waals surface area contributed by atoms with E-state index >= 15 is 0 Å². The predicted molar refractivity (Wildman–Crippen MR) is 144 cm³/mol. The Labute approximate surface area is 215 Å². The van der Waals surface area contributed by atoms with Gasteiger partial charge >= 0.3 is 0 Å². The first-order valence-corrected chi connectivity index (χ1v) is 13.6. The summed E-state index contributed by atoms with van der Waals surface area (Å²) in [7, 11) is -3.03. The Hall–Kier alpha value is -3.82. The molecule has 196 valence electrons. The van der Waals surface area contributed by atoms with E-state index in [-0.39, 0.29) is 47.8 Å². The zero-order valence-corrected chi connectivity index (χ0v) is 21.2. The Morgan fingerprint density at radius 1 is 1.14 bits per heavy atom. The second kappa shape index (κ2) is 12.9. The number of anilines is 2. The number of hydrogen-bond donors (Lipinski definition) is 6. The highest BCUT2D eigenvalue weighted by atomic mass is 32.3. The van der Waals surface area contributed by atoms with Gasteiger partial charge < -0.3 is 30.2 Å². The number of carbonyl (C=O) groups is 2. The molecule has 6 N–H and O–H groups in total. The average molecular weight is 527 g/mol. The number of rotatable bonds is 9. The summed E-state index contributed by atoms with van der Waals surface area (Å²) in [5.41, 5.74) is 8.20. The molecule has 2 amide bonds. The minimum atomic E-state index is -3.03. The second-order valence-electron chi connectivity index (χ2n) is 8.26. The van der Waals surface area contributed by atoms with E-state index in [1.54, 1.807) is 37.3 Å². The maximum Gasteiger partial charge on any atom is 0.291 e. The summed E-state index contributed by atoms with van der Waals surface area (Å²) in [5.74, 6) is 5.49. The molecule has 10 nitrogen and oxygen atoms in total. The number of nitrogens with two attached hydrogens (primary N) is 1. The molecule has 0 bridgehead atoms. The fraction of sp³-hybridized carbons (Fsp3) is 0.269. The molecule has 0 saturated carbocycles. The first-order valence-electron chi connectivity index (χ1n) is 11.6. The number of nitrogen functional groups attached to an aromatic ring is 1. The number of carbonyl (C=O) groups excluding carboxylic acids is 2. The zero-order chi connectivity index (χ0) is 26.8. The number of hydrogen-bond acceptors (Lipinski definition) is 7. The van der Waals surface area contributed by atoms with Crippen LogP contribution in [-0.2, 0) is 10.1 Å². The SMILES string of the molecule is Cc1ccoc1C(=O)Nc1cccc(C#Cc2cc(C(=O)N=[SH](O)(CCCO)CCCO)cnc2N)c1. The Morgan fingerprint density at radius 2 is 1.86 bits per heavy atom. The first-order chi connectivity index (χ1) is 17.7. The minimum Gasteiger partial charge on any atom is -0.459 e. The number of furan rings is 1. The fourth-order valence-corrected chi connectivity index (χ4v) is 5.56. The molecule has 0 aliphatic carbocycles. The predicted octanol–water partition coefficient (Wildman–Crippen LogP) is 2.67. The largest absolute Gasteiger partial charge is 0.459 e. The highest BCUT2D eigenvalue weighted by Gasteiger charge is 2.15. The van der Waals surface area contributed by atoms with Gasteiger partial charge in [-0.05, 0) is 50.1 Å². The molecule has 0 spiro atoms.